The number of hydrogen-bond donors (Lipinski definition) is 1. The highest BCUT2D eigenvalue weighted by molar-refractivity contribution is 5.32. The number of alkyl halides is 6. The lowest BCUT2D eigenvalue weighted by molar-refractivity contribution is -0.143. The van der Waals surface area contributed by atoms with Gasteiger partial charge in [0.05, 0.1) is 11.1 Å². The van der Waals surface area contributed by atoms with Crippen LogP contribution in [0.15, 0.2) is 18.2 Å². The fourth-order valence-electron chi connectivity index (χ4n) is 0.917. The SMILES string of the molecule is Fc1cc(C(F)(F)F)cc(C(F)(F)F)c1.O=CO. The van der Waals surface area contributed by atoms with Crippen molar-refractivity contribution in [3.05, 3.63) is 35.1 Å². The monoisotopic (exact) mass is 278 g/mol. The Kier molecular flexibility index (Phi) is 5.12. The average Bonchev–Trinajstić information content (AvgIpc) is 2.15. The van der Waals surface area contributed by atoms with Gasteiger partial charge in [-0.15, -0.1) is 0 Å². The van der Waals surface area contributed by atoms with E-state index in [0.717, 1.165) is 0 Å². The van der Waals surface area contributed by atoms with Gasteiger partial charge in [0.2, 0.25) is 0 Å². The van der Waals surface area contributed by atoms with E-state index >= 15 is 0 Å². The Bertz CT molecular complexity index is 376. The first kappa shape index (κ1) is 16.2. The normalized spacial score (nSPS) is 11.5. The van der Waals surface area contributed by atoms with E-state index in [1.54, 1.807) is 0 Å². The van der Waals surface area contributed by atoms with Gasteiger partial charge in [0.1, 0.15) is 5.82 Å². The smallest absolute Gasteiger partial charge is 0.416 e. The maximum absolute atomic E-state index is 12.5. The first-order valence-corrected chi connectivity index (χ1v) is 4.05. The molecule has 2 nitrogen and oxygen atoms in total. The van der Waals surface area contributed by atoms with Crippen molar-refractivity contribution >= 4 is 6.47 Å². The van der Waals surface area contributed by atoms with Gasteiger partial charge in [0.15, 0.2) is 0 Å². The van der Waals surface area contributed by atoms with E-state index in [1.165, 1.54) is 0 Å². The average molecular weight is 278 g/mol. The van der Waals surface area contributed by atoms with Crippen LogP contribution in [0.1, 0.15) is 11.1 Å². The quantitative estimate of drug-likeness (QED) is 0.582. The van der Waals surface area contributed by atoms with Gasteiger partial charge in [-0.2, -0.15) is 26.3 Å². The summed E-state index contributed by atoms with van der Waals surface area (Å²) in [5.41, 5.74) is -3.32. The van der Waals surface area contributed by atoms with Crippen LogP contribution in [0.3, 0.4) is 0 Å². The summed E-state index contributed by atoms with van der Waals surface area (Å²) in [6.45, 7) is -0.250. The summed E-state index contributed by atoms with van der Waals surface area (Å²) in [7, 11) is 0. The molecule has 1 rings (SSSR count). The summed E-state index contributed by atoms with van der Waals surface area (Å²) < 4.78 is 84.5. The molecule has 1 N–H and O–H groups in total. The second-order valence-corrected chi connectivity index (χ2v) is 2.83. The second-order valence-electron chi connectivity index (χ2n) is 2.83. The molecular weight excluding hydrogens is 273 g/mol. The van der Waals surface area contributed by atoms with Crippen molar-refractivity contribution in [2.45, 2.75) is 12.4 Å². The van der Waals surface area contributed by atoms with Crippen LogP contribution >= 0.6 is 0 Å². The number of rotatable bonds is 0. The van der Waals surface area contributed by atoms with Crippen LogP contribution < -0.4 is 0 Å². The molecule has 0 heterocycles. The van der Waals surface area contributed by atoms with Crippen molar-refractivity contribution in [3.63, 3.8) is 0 Å². The van der Waals surface area contributed by atoms with Gasteiger partial charge in [0.25, 0.3) is 6.47 Å². The Balaban J connectivity index is 0.000000873. The number of carboxylic acid groups (broad SMARTS) is 1. The highest BCUT2D eigenvalue weighted by Crippen LogP contribution is 2.35. The second kappa shape index (κ2) is 5.69. The summed E-state index contributed by atoms with van der Waals surface area (Å²) in [4.78, 5) is 8.36. The molecule has 0 atom stereocenters. The van der Waals surface area contributed by atoms with E-state index in [1.807, 2.05) is 0 Å². The predicted molar refractivity (Wildman–Crippen MR) is 45.1 cm³/mol. The summed E-state index contributed by atoms with van der Waals surface area (Å²) in [6, 6.07) is -0.117. The van der Waals surface area contributed by atoms with Gasteiger partial charge in [0, 0.05) is 0 Å². The van der Waals surface area contributed by atoms with Gasteiger partial charge in [-0.1, -0.05) is 0 Å². The molecule has 0 spiro atoms. The van der Waals surface area contributed by atoms with Gasteiger partial charge >= 0.3 is 12.4 Å². The number of hydrogen-bond acceptors (Lipinski definition) is 1. The van der Waals surface area contributed by atoms with Crippen LogP contribution in [0.4, 0.5) is 30.7 Å². The third-order valence-corrected chi connectivity index (χ3v) is 1.55. The molecule has 0 amide bonds. The number of halogens is 7. The molecule has 1 aromatic carbocycles. The zero-order chi connectivity index (χ0) is 14.6. The molecule has 102 valence electrons. The van der Waals surface area contributed by atoms with Crippen LogP contribution in [0.5, 0.6) is 0 Å². The van der Waals surface area contributed by atoms with Crippen molar-refractivity contribution in [1.29, 1.82) is 0 Å². The standard InChI is InChI=1S/C8H3F7.CH2O2/c9-6-2-4(7(10,11)12)1-5(3-6)8(13,14)15;2-1-3/h1-3H;1H,(H,2,3). The summed E-state index contributed by atoms with van der Waals surface area (Å²) >= 11 is 0. The van der Waals surface area contributed by atoms with Crippen molar-refractivity contribution in [2.75, 3.05) is 0 Å². The van der Waals surface area contributed by atoms with Crippen LogP contribution in [-0.4, -0.2) is 11.6 Å². The first-order chi connectivity index (χ1) is 8.02. The van der Waals surface area contributed by atoms with Crippen molar-refractivity contribution in [2.24, 2.45) is 0 Å². The zero-order valence-corrected chi connectivity index (χ0v) is 8.31. The Labute approximate surface area is 95.6 Å². The van der Waals surface area contributed by atoms with Gasteiger partial charge in [-0.05, 0) is 18.2 Å². The van der Waals surface area contributed by atoms with Crippen LogP contribution in [0.2, 0.25) is 0 Å². The highest BCUT2D eigenvalue weighted by atomic mass is 19.4. The van der Waals surface area contributed by atoms with Gasteiger partial charge in [-0.3, -0.25) is 4.79 Å². The molecule has 0 bridgehead atoms. The van der Waals surface area contributed by atoms with Crippen LogP contribution in [0.25, 0.3) is 0 Å². The predicted octanol–water partition coefficient (Wildman–Crippen LogP) is 3.56. The molecule has 18 heavy (non-hydrogen) atoms. The highest BCUT2D eigenvalue weighted by Gasteiger charge is 2.36. The first-order valence-electron chi connectivity index (χ1n) is 4.05. The molecule has 0 fully saturated rings. The molecule has 0 saturated heterocycles. The molecule has 0 radical (unpaired) electrons. The molecular formula is C9H5F7O2. The van der Waals surface area contributed by atoms with Crippen LogP contribution in [-0.2, 0) is 17.1 Å². The number of benzene rings is 1. The minimum atomic E-state index is -5.00. The third kappa shape index (κ3) is 5.02. The van der Waals surface area contributed by atoms with Crippen molar-refractivity contribution in [1.82, 2.24) is 0 Å². The van der Waals surface area contributed by atoms with E-state index in [0.29, 0.717) is 0 Å². The van der Waals surface area contributed by atoms with E-state index in [9.17, 15) is 30.7 Å². The number of carbonyl (C=O) groups is 1. The molecule has 9 heteroatoms. The molecule has 0 unspecified atom stereocenters. The van der Waals surface area contributed by atoms with E-state index < -0.39 is 29.3 Å². The van der Waals surface area contributed by atoms with Crippen molar-refractivity contribution in [3.8, 4) is 0 Å². The topological polar surface area (TPSA) is 37.3 Å². The maximum Gasteiger partial charge on any atom is 0.416 e. The Morgan fingerprint density at radius 2 is 1.17 bits per heavy atom. The Morgan fingerprint density at radius 3 is 1.39 bits per heavy atom. The fraction of sp³-hybridized carbons (Fsp3) is 0.222. The van der Waals surface area contributed by atoms with E-state index in [4.69, 9.17) is 9.90 Å². The summed E-state index contributed by atoms with van der Waals surface area (Å²) in [5, 5.41) is 6.89. The van der Waals surface area contributed by atoms with E-state index in [-0.39, 0.29) is 24.7 Å². The molecule has 1 aromatic rings. The Hall–Kier alpha value is -1.80. The van der Waals surface area contributed by atoms with Crippen LogP contribution in [0, 0.1) is 5.82 Å². The minimum Gasteiger partial charge on any atom is -0.483 e. The molecule has 0 aliphatic heterocycles. The maximum atomic E-state index is 12.5. The summed E-state index contributed by atoms with van der Waals surface area (Å²) in [6.07, 6.45) is -10.00. The van der Waals surface area contributed by atoms with E-state index in [2.05, 4.69) is 0 Å². The molecule has 0 aromatic heterocycles. The zero-order valence-electron chi connectivity index (χ0n) is 8.31. The lowest BCUT2D eigenvalue weighted by atomic mass is 10.1. The lowest BCUT2D eigenvalue weighted by Gasteiger charge is -2.11. The van der Waals surface area contributed by atoms with Crippen molar-refractivity contribution < 1.29 is 40.6 Å². The minimum absolute atomic E-state index is 0.00917. The molecule has 0 saturated carbocycles. The lowest BCUT2D eigenvalue weighted by Crippen LogP contribution is -2.11. The molecule has 0 aliphatic rings. The third-order valence-electron chi connectivity index (χ3n) is 1.55. The fourth-order valence-corrected chi connectivity index (χ4v) is 0.917. The largest absolute Gasteiger partial charge is 0.483 e. The summed E-state index contributed by atoms with van der Waals surface area (Å²) in [5.74, 6) is -1.57. The molecule has 0 aliphatic carbocycles. The Morgan fingerprint density at radius 1 is 0.889 bits per heavy atom. The van der Waals surface area contributed by atoms with Gasteiger partial charge in [-0.25, -0.2) is 4.39 Å². The van der Waals surface area contributed by atoms with Gasteiger partial charge < -0.3 is 5.11 Å².